The smallest absolute Gasteiger partial charge is 0.0678 e. The molecule has 0 spiro atoms. The predicted octanol–water partition coefficient (Wildman–Crippen LogP) is 2.83. The summed E-state index contributed by atoms with van der Waals surface area (Å²) in [7, 11) is 0. The van der Waals surface area contributed by atoms with Crippen LogP contribution in [0.15, 0.2) is 24.4 Å². The molecule has 0 aliphatic heterocycles. The highest BCUT2D eigenvalue weighted by Gasteiger charge is 2.30. The summed E-state index contributed by atoms with van der Waals surface area (Å²) in [4.78, 5) is 0. The summed E-state index contributed by atoms with van der Waals surface area (Å²) in [5, 5.41) is 4.55. The molecule has 1 aromatic carbocycles. The molecule has 1 aliphatic carbocycles. The van der Waals surface area contributed by atoms with Gasteiger partial charge in [0.15, 0.2) is 0 Å². The fourth-order valence-corrected chi connectivity index (χ4v) is 2.58. The Bertz CT molecular complexity index is 579. The van der Waals surface area contributed by atoms with E-state index in [1.54, 1.807) is 0 Å². The van der Waals surface area contributed by atoms with Gasteiger partial charge in [-0.25, -0.2) is 4.68 Å². The van der Waals surface area contributed by atoms with Crippen LogP contribution in [0.2, 0.25) is 0 Å². The van der Waals surface area contributed by atoms with Crippen LogP contribution in [-0.2, 0) is 6.54 Å². The van der Waals surface area contributed by atoms with Crippen LogP contribution >= 0.6 is 0 Å². The summed E-state index contributed by atoms with van der Waals surface area (Å²) in [5.41, 5.74) is 12.1. The Balaban J connectivity index is 2.13. The molecule has 1 heterocycles. The lowest BCUT2D eigenvalue weighted by Gasteiger charge is -2.11. The second-order valence-electron chi connectivity index (χ2n) is 5.24. The fourth-order valence-electron chi connectivity index (χ4n) is 2.58. The lowest BCUT2D eigenvalue weighted by molar-refractivity contribution is 0.796. The Morgan fingerprint density at radius 1 is 1.33 bits per heavy atom. The van der Waals surface area contributed by atoms with Gasteiger partial charge in [-0.05, 0) is 38.3 Å². The van der Waals surface area contributed by atoms with Gasteiger partial charge < -0.3 is 5.73 Å². The van der Waals surface area contributed by atoms with E-state index < -0.39 is 0 Å². The molecule has 0 saturated heterocycles. The molecule has 0 bridgehead atoms. The van der Waals surface area contributed by atoms with E-state index in [0.29, 0.717) is 12.5 Å². The summed E-state index contributed by atoms with van der Waals surface area (Å²) < 4.78 is 2.09. The summed E-state index contributed by atoms with van der Waals surface area (Å²) in [6.07, 6.45) is 4.46. The molecule has 3 rings (SSSR count). The lowest BCUT2D eigenvalue weighted by atomic mass is 10.1. The van der Waals surface area contributed by atoms with Crippen LogP contribution < -0.4 is 5.73 Å². The molecular weight excluding hydrogens is 222 g/mol. The van der Waals surface area contributed by atoms with Gasteiger partial charge in [-0.3, -0.25) is 0 Å². The van der Waals surface area contributed by atoms with Crippen molar-refractivity contribution in [1.82, 2.24) is 9.78 Å². The number of nitrogens with zero attached hydrogens (tertiary/aromatic N) is 2. The third kappa shape index (κ3) is 1.85. The second-order valence-corrected chi connectivity index (χ2v) is 5.24. The lowest BCUT2D eigenvalue weighted by Crippen LogP contribution is -2.06. The van der Waals surface area contributed by atoms with Gasteiger partial charge in [0.2, 0.25) is 0 Å². The zero-order valence-corrected chi connectivity index (χ0v) is 11.0. The van der Waals surface area contributed by atoms with Gasteiger partial charge in [0.25, 0.3) is 0 Å². The largest absolute Gasteiger partial charge is 0.326 e. The number of rotatable bonds is 3. The van der Waals surface area contributed by atoms with E-state index >= 15 is 0 Å². The first kappa shape index (κ1) is 11.5. The molecule has 18 heavy (non-hydrogen) atoms. The van der Waals surface area contributed by atoms with Gasteiger partial charge in [0, 0.05) is 18.0 Å². The normalized spacial score (nSPS) is 15.1. The first-order valence-electron chi connectivity index (χ1n) is 6.55. The Morgan fingerprint density at radius 3 is 2.72 bits per heavy atom. The van der Waals surface area contributed by atoms with Crippen LogP contribution in [0.4, 0.5) is 0 Å². The number of aryl methyl sites for hydroxylation is 2. The minimum absolute atomic E-state index is 0.580. The van der Waals surface area contributed by atoms with Crippen LogP contribution in [0.5, 0.6) is 0 Å². The van der Waals surface area contributed by atoms with E-state index in [1.807, 2.05) is 6.20 Å². The maximum atomic E-state index is 5.82. The summed E-state index contributed by atoms with van der Waals surface area (Å²) in [5.74, 6) is 0.659. The highest BCUT2D eigenvalue weighted by Crippen LogP contribution is 2.42. The molecule has 1 aliphatic rings. The van der Waals surface area contributed by atoms with Crippen LogP contribution in [0, 0.1) is 13.8 Å². The Hall–Kier alpha value is -1.61. The molecular formula is C15H19N3. The molecule has 94 valence electrons. The van der Waals surface area contributed by atoms with Crippen LogP contribution in [0.3, 0.4) is 0 Å². The van der Waals surface area contributed by atoms with Gasteiger partial charge in [0.05, 0.1) is 17.6 Å². The van der Waals surface area contributed by atoms with Gasteiger partial charge in [-0.2, -0.15) is 5.10 Å². The highest BCUT2D eigenvalue weighted by molar-refractivity contribution is 5.45. The van der Waals surface area contributed by atoms with Crippen LogP contribution in [0.1, 0.15) is 41.1 Å². The van der Waals surface area contributed by atoms with Crippen molar-refractivity contribution in [2.75, 3.05) is 0 Å². The van der Waals surface area contributed by atoms with Gasteiger partial charge in [-0.15, -0.1) is 0 Å². The van der Waals surface area contributed by atoms with E-state index in [0.717, 1.165) is 0 Å². The van der Waals surface area contributed by atoms with E-state index in [1.165, 1.54) is 40.9 Å². The van der Waals surface area contributed by atoms with Crippen molar-refractivity contribution in [2.45, 2.75) is 39.2 Å². The van der Waals surface area contributed by atoms with Crippen LogP contribution in [-0.4, -0.2) is 9.78 Å². The third-order valence-electron chi connectivity index (χ3n) is 3.65. The molecule has 2 aromatic rings. The number of benzene rings is 1. The minimum Gasteiger partial charge on any atom is -0.326 e. The molecule has 1 fully saturated rings. The van der Waals surface area contributed by atoms with Gasteiger partial charge >= 0.3 is 0 Å². The van der Waals surface area contributed by atoms with Crippen molar-refractivity contribution in [2.24, 2.45) is 5.73 Å². The zero-order chi connectivity index (χ0) is 12.7. The SMILES string of the molecule is Cc1ccc(-n2ncc(CN)c2C2CC2)c(C)c1. The Labute approximate surface area is 108 Å². The first-order chi connectivity index (χ1) is 8.70. The standard InChI is InChI=1S/C15H19N3/c1-10-3-6-14(11(2)7-10)18-15(12-4-5-12)13(8-16)9-17-18/h3,6-7,9,12H,4-5,8,16H2,1-2H3. The summed E-state index contributed by atoms with van der Waals surface area (Å²) in [6.45, 7) is 4.84. The van der Waals surface area contributed by atoms with E-state index in [9.17, 15) is 0 Å². The maximum Gasteiger partial charge on any atom is 0.0678 e. The van der Waals surface area contributed by atoms with Crippen molar-refractivity contribution >= 4 is 0 Å². The molecule has 1 saturated carbocycles. The van der Waals surface area contributed by atoms with Gasteiger partial charge in [-0.1, -0.05) is 17.7 Å². The molecule has 1 aromatic heterocycles. The number of hydrogen-bond acceptors (Lipinski definition) is 2. The topological polar surface area (TPSA) is 43.8 Å². The second kappa shape index (κ2) is 4.25. The summed E-state index contributed by atoms with van der Waals surface area (Å²) >= 11 is 0. The molecule has 2 N–H and O–H groups in total. The average molecular weight is 241 g/mol. The van der Waals surface area contributed by atoms with Crippen molar-refractivity contribution in [3.63, 3.8) is 0 Å². The average Bonchev–Trinajstić information content (AvgIpc) is 3.09. The molecule has 0 unspecified atom stereocenters. The Morgan fingerprint density at radius 2 is 2.11 bits per heavy atom. The monoisotopic (exact) mass is 241 g/mol. The molecule has 0 radical (unpaired) electrons. The van der Waals surface area contributed by atoms with Crippen molar-refractivity contribution < 1.29 is 0 Å². The van der Waals surface area contributed by atoms with E-state index in [-0.39, 0.29) is 0 Å². The minimum atomic E-state index is 0.580. The van der Waals surface area contributed by atoms with Crippen molar-refractivity contribution in [1.29, 1.82) is 0 Å². The molecule has 0 amide bonds. The first-order valence-corrected chi connectivity index (χ1v) is 6.55. The zero-order valence-electron chi connectivity index (χ0n) is 11.0. The maximum absolute atomic E-state index is 5.82. The number of nitrogens with two attached hydrogens (primary N) is 1. The van der Waals surface area contributed by atoms with E-state index in [4.69, 9.17) is 5.73 Å². The van der Waals surface area contributed by atoms with Crippen LogP contribution in [0.25, 0.3) is 5.69 Å². The summed E-state index contributed by atoms with van der Waals surface area (Å²) in [6, 6.07) is 6.50. The number of hydrogen-bond donors (Lipinski definition) is 1. The quantitative estimate of drug-likeness (QED) is 0.898. The highest BCUT2D eigenvalue weighted by atomic mass is 15.3. The Kier molecular flexibility index (Phi) is 2.71. The number of aromatic nitrogens is 2. The van der Waals surface area contributed by atoms with Gasteiger partial charge in [0.1, 0.15) is 0 Å². The molecule has 0 atom stereocenters. The predicted molar refractivity (Wildman–Crippen MR) is 72.9 cm³/mol. The van der Waals surface area contributed by atoms with Crippen molar-refractivity contribution in [3.8, 4) is 5.69 Å². The van der Waals surface area contributed by atoms with Crippen molar-refractivity contribution in [3.05, 3.63) is 46.8 Å². The molecule has 3 nitrogen and oxygen atoms in total. The van der Waals surface area contributed by atoms with E-state index in [2.05, 4.69) is 41.8 Å². The third-order valence-corrected chi connectivity index (χ3v) is 3.65. The molecule has 3 heteroatoms. The fraction of sp³-hybridized carbons (Fsp3) is 0.400.